The predicted molar refractivity (Wildman–Crippen MR) is 70.4 cm³/mol. The summed E-state index contributed by atoms with van der Waals surface area (Å²) in [6.07, 6.45) is 3.37. The number of carboxylic acid groups (broad SMARTS) is 1. The maximum atomic E-state index is 13.0. The SMILES string of the molecule is Cc1cc(F)ccc1SC1CCC(C(=O)O)CC1. The van der Waals surface area contributed by atoms with Crippen molar-refractivity contribution in [3.63, 3.8) is 0 Å². The van der Waals surface area contributed by atoms with E-state index in [9.17, 15) is 9.18 Å². The smallest absolute Gasteiger partial charge is 0.306 e. The third-order valence-electron chi connectivity index (χ3n) is 3.45. The molecule has 0 atom stereocenters. The van der Waals surface area contributed by atoms with Gasteiger partial charge in [0, 0.05) is 10.1 Å². The normalized spacial score (nSPS) is 23.9. The van der Waals surface area contributed by atoms with Gasteiger partial charge in [-0.2, -0.15) is 0 Å². The fourth-order valence-corrected chi connectivity index (χ4v) is 3.61. The molecule has 0 spiro atoms. The second-order valence-corrected chi connectivity index (χ2v) is 6.18. The summed E-state index contributed by atoms with van der Waals surface area (Å²) in [4.78, 5) is 12.0. The van der Waals surface area contributed by atoms with Crippen LogP contribution in [-0.4, -0.2) is 16.3 Å². The Hall–Kier alpha value is -1.03. The minimum atomic E-state index is -0.670. The van der Waals surface area contributed by atoms with E-state index in [0.717, 1.165) is 36.1 Å². The molecule has 1 aliphatic rings. The first kappa shape index (κ1) is 13.4. The van der Waals surface area contributed by atoms with Gasteiger partial charge < -0.3 is 5.11 Å². The quantitative estimate of drug-likeness (QED) is 0.904. The molecule has 0 aromatic heterocycles. The lowest BCUT2D eigenvalue weighted by Crippen LogP contribution is -2.22. The molecule has 4 heteroatoms. The van der Waals surface area contributed by atoms with E-state index in [1.54, 1.807) is 17.8 Å². The molecule has 0 amide bonds. The third-order valence-corrected chi connectivity index (χ3v) is 4.97. The van der Waals surface area contributed by atoms with Crippen LogP contribution in [-0.2, 0) is 4.79 Å². The van der Waals surface area contributed by atoms with Gasteiger partial charge in [0.2, 0.25) is 0 Å². The van der Waals surface area contributed by atoms with Crippen molar-refractivity contribution in [2.75, 3.05) is 0 Å². The number of rotatable bonds is 3. The van der Waals surface area contributed by atoms with Gasteiger partial charge in [-0.1, -0.05) is 0 Å². The van der Waals surface area contributed by atoms with Crippen molar-refractivity contribution in [2.24, 2.45) is 5.92 Å². The van der Waals surface area contributed by atoms with E-state index in [-0.39, 0.29) is 11.7 Å². The monoisotopic (exact) mass is 268 g/mol. The van der Waals surface area contributed by atoms with E-state index in [0.29, 0.717) is 5.25 Å². The largest absolute Gasteiger partial charge is 0.481 e. The first-order valence-electron chi connectivity index (χ1n) is 6.22. The van der Waals surface area contributed by atoms with Crippen molar-refractivity contribution in [1.82, 2.24) is 0 Å². The number of aliphatic carboxylic acids is 1. The standard InChI is InChI=1S/C14H17FO2S/c1-9-8-11(15)4-7-13(9)18-12-5-2-10(3-6-12)14(16)17/h4,7-8,10,12H,2-3,5-6H2,1H3,(H,16,17). The van der Waals surface area contributed by atoms with Crippen LogP contribution < -0.4 is 0 Å². The van der Waals surface area contributed by atoms with Crippen LogP contribution in [0.2, 0.25) is 0 Å². The van der Waals surface area contributed by atoms with Gasteiger partial charge in [-0.05, 0) is 56.4 Å². The lowest BCUT2D eigenvalue weighted by atomic mass is 9.89. The topological polar surface area (TPSA) is 37.3 Å². The van der Waals surface area contributed by atoms with E-state index in [1.165, 1.54) is 6.07 Å². The average Bonchev–Trinajstić information content (AvgIpc) is 2.33. The fraction of sp³-hybridized carbons (Fsp3) is 0.500. The lowest BCUT2D eigenvalue weighted by Gasteiger charge is -2.26. The molecule has 2 nitrogen and oxygen atoms in total. The predicted octanol–water partition coefficient (Wildman–Crippen LogP) is 3.87. The first-order valence-corrected chi connectivity index (χ1v) is 7.10. The second kappa shape index (κ2) is 5.74. The fourth-order valence-electron chi connectivity index (χ4n) is 2.35. The Morgan fingerprint density at radius 1 is 1.33 bits per heavy atom. The van der Waals surface area contributed by atoms with Crippen molar-refractivity contribution in [1.29, 1.82) is 0 Å². The number of hydrogen-bond acceptors (Lipinski definition) is 2. The molecule has 18 heavy (non-hydrogen) atoms. The molecule has 98 valence electrons. The zero-order chi connectivity index (χ0) is 13.1. The minimum absolute atomic E-state index is 0.170. The maximum Gasteiger partial charge on any atom is 0.306 e. The van der Waals surface area contributed by atoms with Crippen molar-refractivity contribution in [2.45, 2.75) is 42.8 Å². The molecule has 1 aliphatic carbocycles. The number of aryl methyl sites for hydroxylation is 1. The number of hydrogen-bond donors (Lipinski definition) is 1. The summed E-state index contributed by atoms with van der Waals surface area (Å²) in [6, 6.07) is 4.85. The second-order valence-electron chi connectivity index (χ2n) is 4.84. The zero-order valence-corrected chi connectivity index (χ0v) is 11.2. The molecule has 1 aromatic carbocycles. The Kier molecular flexibility index (Phi) is 4.27. The van der Waals surface area contributed by atoms with Gasteiger partial charge in [0.05, 0.1) is 5.92 Å². The minimum Gasteiger partial charge on any atom is -0.481 e. The molecule has 1 aromatic rings. The number of benzene rings is 1. The molecule has 0 unspecified atom stereocenters. The van der Waals surface area contributed by atoms with Crippen molar-refractivity contribution < 1.29 is 14.3 Å². The summed E-state index contributed by atoms with van der Waals surface area (Å²) in [5.74, 6) is -1.04. The Balaban J connectivity index is 1.93. The highest BCUT2D eigenvalue weighted by Gasteiger charge is 2.26. The summed E-state index contributed by atoms with van der Waals surface area (Å²) in [5, 5.41) is 9.40. The number of halogens is 1. The van der Waals surface area contributed by atoms with Crippen LogP contribution in [0.15, 0.2) is 23.1 Å². The highest BCUT2D eigenvalue weighted by Crippen LogP contribution is 2.37. The summed E-state index contributed by atoms with van der Waals surface area (Å²) in [7, 11) is 0. The molecular formula is C14H17FO2S. The van der Waals surface area contributed by atoms with Crippen LogP contribution in [0, 0.1) is 18.7 Å². The van der Waals surface area contributed by atoms with Crippen molar-refractivity contribution in [3.8, 4) is 0 Å². The molecule has 1 N–H and O–H groups in total. The zero-order valence-electron chi connectivity index (χ0n) is 10.4. The molecule has 0 heterocycles. The Labute approximate surface area is 111 Å². The summed E-state index contributed by atoms with van der Waals surface area (Å²) in [6.45, 7) is 1.91. The highest BCUT2D eigenvalue weighted by molar-refractivity contribution is 8.00. The van der Waals surface area contributed by atoms with E-state index >= 15 is 0 Å². The molecular weight excluding hydrogens is 251 g/mol. The molecule has 0 radical (unpaired) electrons. The van der Waals surface area contributed by atoms with Gasteiger partial charge in [-0.25, -0.2) is 4.39 Å². The summed E-state index contributed by atoms with van der Waals surface area (Å²) >= 11 is 1.75. The van der Waals surface area contributed by atoms with Crippen LogP contribution in [0.25, 0.3) is 0 Å². The van der Waals surface area contributed by atoms with Gasteiger partial charge in [-0.15, -0.1) is 11.8 Å². The van der Waals surface area contributed by atoms with Crippen LogP contribution in [0.1, 0.15) is 31.2 Å². The molecule has 0 aliphatic heterocycles. The van der Waals surface area contributed by atoms with E-state index in [1.807, 2.05) is 13.0 Å². The van der Waals surface area contributed by atoms with Crippen molar-refractivity contribution >= 4 is 17.7 Å². The van der Waals surface area contributed by atoms with Crippen LogP contribution in [0.4, 0.5) is 4.39 Å². The number of carbonyl (C=O) groups is 1. The van der Waals surface area contributed by atoms with E-state index < -0.39 is 5.97 Å². The van der Waals surface area contributed by atoms with Gasteiger partial charge in [-0.3, -0.25) is 4.79 Å². The molecule has 1 saturated carbocycles. The van der Waals surface area contributed by atoms with Crippen LogP contribution in [0.3, 0.4) is 0 Å². The van der Waals surface area contributed by atoms with Gasteiger partial charge in [0.25, 0.3) is 0 Å². The maximum absolute atomic E-state index is 13.0. The third kappa shape index (κ3) is 3.25. The first-order chi connectivity index (χ1) is 8.56. The Morgan fingerprint density at radius 3 is 2.56 bits per heavy atom. The average molecular weight is 268 g/mol. The van der Waals surface area contributed by atoms with Crippen LogP contribution >= 0.6 is 11.8 Å². The molecule has 1 fully saturated rings. The number of thioether (sulfide) groups is 1. The van der Waals surface area contributed by atoms with Crippen LogP contribution in [0.5, 0.6) is 0 Å². The molecule has 0 bridgehead atoms. The van der Waals surface area contributed by atoms with Gasteiger partial charge >= 0.3 is 5.97 Å². The van der Waals surface area contributed by atoms with E-state index in [4.69, 9.17) is 5.11 Å². The van der Waals surface area contributed by atoms with Gasteiger partial charge in [0.15, 0.2) is 0 Å². The van der Waals surface area contributed by atoms with Crippen molar-refractivity contribution in [3.05, 3.63) is 29.6 Å². The Bertz CT molecular complexity index is 439. The summed E-state index contributed by atoms with van der Waals surface area (Å²) < 4.78 is 13.0. The molecule has 2 rings (SSSR count). The Morgan fingerprint density at radius 2 is 2.00 bits per heavy atom. The molecule has 0 saturated heterocycles. The number of carboxylic acids is 1. The lowest BCUT2D eigenvalue weighted by molar-refractivity contribution is -0.142. The highest BCUT2D eigenvalue weighted by atomic mass is 32.2. The van der Waals surface area contributed by atoms with E-state index in [2.05, 4.69) is 0 Å². The van der Waals surface area contributed by atoms with Gasteiger partial charge in [0.1, 0.15) is 5.82 Å². The summed E-state index contributed by atoms with van der Waals surface area (Å²) in [5.41, 5.74) is 0.959.